The van der Waals surface area contributed by atoms with Gasteiger partial charge in [-0.1, -0.05) is 6.42 Å². The molecule has 1 aromatic heterocycles. The highest BCUT2D eigenvalue weighted by Crippen LogP contribution is 2.30. The summed E-state index contributed by atoms with van der Waals surface area (Å²) < 4.78 is 0. The fourth-order valence-electron chi connectivity index (χ4n) is 5.41. The third kappa shape index (κ3) is 4.48. The van der Waals surface area contributed by atoms with Crippen LogP contribution in [0.5, 0.6) is 0 Å². The monoisotopic (exact) mass is 385 g/mol. The molecule has 154 valence electrons. The average Bonchev–Trinajstić information content (AvgIpc) is 2.71. The van der Waals surface area contributed by atoms with Crippen LogP contribution >= 0.6 is 0 Å². The molecule has 0 spiro atoms. The van der Waals surface area contributed by atoms with Crippen LogP contribution in [0, 0.1) is 25.7 Å². The Morgan fingerprint density at radius 3 is 2.61 bits per heavy atom. The van der Waals surface area contributed by atoms with Crippen LogP contribution in [0.2, 0.25) is 0 Å². The third-order valence-corrected chi connectivity index (χ3v) is 6.81. The molecule has 4 rings (SSSR count). The molecule has 1 aromatic rings. The molecule has 3 fully saturated rings. The van der Waals surface area contributed by atoms with Crippen molar-refractivity contribution in [3.8, 4) is 0 Å². The molecule has 3 atom stereocenters. The SMILES string of the molecule is Cc1cc(C)nc(N2CCCC(C(=O)NC[C@@H]3CCCN4CCCC[C@H]34)C2)n1. The van der Waals surface area contributed by atoms with Gasteiger partial charge >= 0.3 is 0 Å². The molecule has 3 aliphatic rings. The van der Waals surface area contributed by atoms with Gasteiger partial charge in [0.05, 0.1) is 5.92 Å². The zero-order valence-electron chi connectivity index (χ0n) is 17.5. The number of piperidine rings is 3. The van der Waals surface area contributed by atoms with Crippen LogP contribution in [0.25, 0.3) is 0 Å². The van der Waals surface area contributed by atoms with Gasteiger partial charge in [-0.25, -0.2) is 9.97 Å². The predicted octanol–water partition coefficient (Wildman–Crippen LogP) is 2.69. The summed E-state index contributed by atoms with van der Waals surface area (Å²) in [6.45, 7) is 9.03. The zero-order valence-corrected chi connectivity index (χ0v) is 17.5. The molecule has 0 aliphatic carbocycles. The summed E-state index contributed by atoms with van der Waals surface area (Å²) in [6.07, 6.45) is 8.52. The van der Waals surface area contributed by atoms with Gasteiger partial charge in [0.1, 0.15) is 0 Å². The maximum atomic E-state index is 12.9. The van der Waals surface area contributed by atoms with Gasteiger partial charge in [-0.2, -0.15) is 0 Å². The van der Waals surface area contributed by atoms with Crippen molar-refractivity contribution in [2.45, 2.75) is 64.8 Å². The Morgan fingerprint density at radius 2 is 1.79 bits per heavy atom. The molecule has 0 bridgehead atoms. The van der Waals surface area contributed by atoms with E-state index in [9.17, 15) is 4.79 Å². The summed E-state index contributed by atoms with van der Waals surface area (Å²) in [6, 6.07) is 2.69. The highest BCUT2D eigenvalue weighted by Gasteiger charge is 2.34. The minimum Gasteiger partial charge on any atom is -0.355 e. The van der Waals surface area contributed by atoms with E-state index >= 15 is 0 Å². The molecule has 0 radical (unpaired) electrons. The first-order valence-electron chi connectivity index (χ1n) is 11.2. The molecule has 1 unspecified atom stereocenters. The van der Waals surface area contributed by atoms with Crippen molar-refractivity contribution in [3.63, 3.8) is 0 Å². The fourth-order valence-corrected chi connectivity index (χ4v) is 5.41. The van der Waals surface area contributed by atoms with E-state index in [1.165, 1.54) is 45.2 Å². The van der Waals surface area contributed by atoms with Crippen molar-refractivity contribution >= 4 is 11.9 Å². The molecule has 28 heavy (non-hydrogen) atoms. The van der Waals surface area contributed by atoms with Crippen molar-refractivity contribution in [1.82, 2.24) is 20.2 Å². The number of hydrogen-bond donors (Lipinski definition) is 1. The van der Waals surface area contributed by atoms with Crippen LogP contribution in [0.3, 0.4) is 0 Å². The van der Waals surface area contributed by atoms with Gasteiger partial charge in [-0.15, -0.1) is 0 Å². The van der Waals surface area contributed by atoms with Gasteiger partial charge in [0.25, 0.3) is 0 Å². The number of aromatic nitrogens is 2. The van der Waals surface area contributed by atoms with Gasteiger partial charge < -0.3 is 15.1 Å². The lowest BCUT2D eigenvalue weighted by Crippen LogP contribution is -2.52. The average molecular weight is 386 g/mol. The van der Waals surface area contributed by atoms with Crippen LogP contribution < -0.4 is 10.2 Å². The lowest BCUT2D eigenvalue weighted by atomic mass is 9.83. The number of fused-ring (bicyclic) bond motifs is 1. The van der Waals surface area contributed by atoms with E-state index in [4.69, 9.17) is 0 Å². The maximum Gasteiger partial charge on any atom is 0.225 e. The van der Waals surface area contributed by atoms with Crippen LogP contribution in [0.4, 0.5) is 5.95 Å². The van der Waals surface area contributed by atoms with Crippen molar-refractivity contribution in [2.24, 2.45) is 11.8 Å². The van der Waals surface area contributed by atoms with Gasteiger partial charge in [-0.05, 0) is 77.4 Å². The summed E-state index contributed by atoms with van der Waals surface area (Å²) in [5, 5.41) is 3.32. The molecular weight excluding hydrogens is 350 g/mol. The Balaban J connectivity index is 1.33. The standard InChI is InChI=1S/C22H35N5O/c1-16-13-17(2)25-22(24-16)27-12-6-8-19(15-27)21(28)23-14-18-7-5-11-26-10-4-3-9-20(18)26/h13,18-20H,3-12,14-15H2,1-2H3,(H,23,28)/t18-,19?,20+/m0/s1. The second-order valence-electron chi connectivity index (χ2n) is 8.98. The van der Waals surface area contributed by atoms with Crippen LogP contribution in [0.15, 0.2) is 6.07 Å². The zero-order chi connectivity index (χ0) is 19.5. The molecule has 1 amide bonds. The minimum absolute atomic E-state index is 0.0456. The molecule has 6 nitrogen and oxygen atoms in total. The van der Waals surface area contributed by atoms with E-state index in [1.807, 2.05) is 19.9 Å². The molecule has 3 aliphatic heterocycles. The fraction of sp³-hybridized carbons (Fsp3) is 0.773. The van der Waals surface area contributed by atoms with E-state index in [0.717, 1.165) is 49.8 Å². The van der Waals surface area contributed by atoms with E-state index in [-0.39, 0.29) is 11.8 Å². The van der Waals surface area contributed by atoms with E-state index in [0.29, 0.717) is 12.0 Å². The first-order valence-corrected chi connectivity index (χ1v) is 11.2. The number of hydrogen-bond acceptors (Lipinski definition) is 5. The first kappa shape index (κ1) is 19.6. The number of amides is 1. The number of nitrogens with zero attached hydrogens (tertiary/aromatic N) is 4. The Labute approximate surface area is 169 Å². The summed E-state index contributed by atoms with van der Waals surface area (Å²) in [5.41, 5.74) is 1.98. The van der Waals surface area contributed by atoms with Gasteiger partial charge in [-0.3, -0.25) is 4.79 Å². The number of carbonyl (C=O) groups is 1. The second-order valence-corrected chi connectivity index (χ2v) is 8.98. The summed E-state index contributed by atoms with van der Waals surface area (Å²) >= 11 is 0. The topological polar surface area (TPSA) is 61.4 Å². The molecule has 1 N–H and O–H groups in total. The Morgan fingerprint density at radius 1 is 1.04 bits per heavy atom. The molecule has 6 heteroatoms. The minimum atomic E-state index is 0.0456. The number of nitrogens with one attached hydrogen (secondary N) is 1. The van der Waals surface area contributed by atoms with Crippen LogP contribution in [0.1, 0.15) is 56.3 Å². The van der Waals surface area contributed by atoms with Crippen molar-refractivity contribution in [3.05, 3.63) is 17.5 Å². The molecule has 0 aromatic carbocycles. The maximum absolute atomic E-state index is 12.9. The highest BCUT2D eigenvalue weighted by molar-refractivity contribution is 5.79. The van der Waals surface area contributed by atoms with E-state index < -0.39 is 0 Å². The normalized spacial score (nSPS) is 28.6. The molecular formula is C22H35N5O. The summed E-state index contributed by atoms with van der Waals surface area (Å²) in [5.74, 6) is 1.67. The largest absolute Gasteiger partial charge is 0.355 e. The number of rotatable bonds is 4. The molecule has 0 saturated carbocycles. The lowest BCUT2D eigenvalue weighted by Gasteiger charge is -2.44. The molecule has 3 saturated heterocycles. The Hall–Kier alpha value is -1.69. The van der Waals surface area contributed by atoms with Crippen molar-refractivity contribution in [1.29, 1.82) is 0 Å². The van der Waals surface area contributed by atoms with Gasteiger partial charge in [0, 0.05) is 37.1 Å². The number of aryl methyl sites for hydroxylation is 2. The first-order chi connectivity index (χ1) is 13.6. The second kappa shape index (κ2) is 8.76. The lowest BCUT2D eigenvalue weighted by molar-refractivity contribution is -0.125. The quantitative estimate of drug-likeness (QED) is 0.863. The van der Waals surface area contributed by atoms with Crippen molar-refractivity contribution < 1.29 is 4.79 Å². The van der Waals surface area contributed by atoms with Gasteiger partial charge in [0.2, 0.25) is 11.9 Å². The predicted molar refractivity (Wildman–Crippen MR) is 111 cm³/mol. The van der Waals surface area contributed by atoms with E-state index in [1.54, 1.807) is 0 Å². The van der Waals surface area contributed by atoms with Gasteiger partial charge in [0.15, 0.2) is 0 Å². The Kier molecular flexibility index (Phi) is 6.14. The van der Waals surface area contributed by atoms with Crippen LogP contribution in [-0.2, 0) is 4.79 Å². The van der Waals surface area contributed by atoms with Crippen molar-refractivity contribution in [2.75, 3.05) is 37.6 Å². The Bertz CT molecular complexity index is 671. The number of carbonyl (C=O) groups excluding carboxylic acids is 1. The summed E-state index contributed by atoms with van der Waals surface area (Å²) in [7, 11) is 0. The third-order valence-electron chi connectivity index (χ3n) is 6.81. The smallest absolute Gasteiger partial charge is 0.225 e. The highest BCUT2D eigenvalue weighted by atomic mass is 16.1. The summed E-state index contributed by atoms with van der Waals surface area (Å²) in [4.78, 5) is 27.0. The number of anilines is 1. The van der Waals surface area contributed by atoms with E-state index in [2.05, 4.69) is 25.1 Å². The molecule has 4 heterocycles. The van der Waals surface area contributed by atoms with Crippen LogP contribution in [-0.4, -0.2) is 59.5 Å².